The minimum Gasteiger partial charge on any atom is -0.546 e. The number of ether oxygens (including phenoxy) is 1. The number of carbonyl (C=O) groups excluding carboxylic acids is 1. The van der Waals surface area contributed by atoms with E-state index in [2.05, 4.69) is 0 Å². The van der Waals surface area contributed by atoms with Gasteiger partial charge < -0.3 is 14.6 Å². The molecule has 1 aliphatic heterocycles. The van der Waals surface area contributed by atoms with Crippen molar-refractivity contribution in [3.63, 3.8) is 0 Å². The third-order valence-electron chi connectivity index (χ3n) is 2.34. The van der Waals surface area contributed by atoms with Crippen LogP contribution in [0.4, 0.5) is 0 Å². The predicted octanol–water partition coefficient (Wildman–Crippen LogP) is 1.68. The van der Waals surface area contributed by atoms with Crippen molar-refractivity contribution in [2.75, 3.05) is 18.1 Å². The van der Waals surface area contributed by atoms with E-state index in [1.807, 2.05) is 47.8 Å². The second-order valence-corrected chi connectivity index (χ2v) is 6.38. The van der Waals surface area contributed by atoms with Crippen molar-refractivity contribution in [1.29, 1.82) is 0 Å². The molecule has 0 bridgehead atoms. The largest absolute Gasteiger partial charge is 0.546 e. The van der Waals surface area contributed by atoms with Gasteiger partial charge >= 0.3 is 0 Å². The molecule has 3 nitrogen and oxygen atoms in total. The van der Waals surface area contributed by atoms with E-state index in [0.29, 0.717) is 10.3 Å². The van der Waals surface area contributed by atoms with Gasteiger partial charge in [-0.3, -0.25) is 0 Å². The van der Waals surface area contributed by atoms with E-state index in [-0.39, 0.29) is 0 Å². The summed E-state index contributed by atoms with van der Waals surface area (Å²) < 4.78 is 5.53. The van der Waals surface area contributed by atoms with Crippen molar-refractivity contribution in [2.24, 2.45) is 0 Å². The number of benzene rings is 1. The van der Waals surface area contributed by atoms with Crippen LogP contribution in [0.25, 0.3) is 0 Å². The van der Waals surface area contributed by atoms with E-state index < -0.39 is 12.6 Å². The van der Waals surface area contributed by atoms with Gasteiger partial charge in [-0.1, -0.05) is 12.1 Å². The highest BCUT2D eigenvalue weighted by molar-refractivity contribution is 8.16. The number of carboxylic acid groups (broad SMARTS) is 1. The zero-order valence-corrected chi connectivity index (χ0v) is 10.9. The molecule has 0 saturated carbocycles. The lowest BCUT2D eigenvalue weighted by atomic mass is 10.2. The van der Waals surface area contributed by atoms with Crippen LogP contribution >= 0.6 is 23.5 Å². The first-order valence-corrected chi connectivity index (χ1v) is 7.51. The number of aliphatic carboxylic acids is 1. The van der Waals surface area contributed by atoms with Crippen molar-refractivity contribution >= 4 is 29.5 Å². The molecule has 0 N–H and O–H groups in total. The SMILES string of the molecule is O=C([O-])COc1ccc(C2SCCCS2)cc1. The molecular weight excluding hydrogens is 256 g/mol. The Bertz CT molecular complexity index is 372. The first-order chi connectivity index (χ1) is 8.25. The molecule has 5 heteroatoms. The summed E-state index contributed by atoms with van der Waals surface area (Å²) in [5, 5.41) is 10.2. The van der Waals surface area contributed by atoms with Gasteiger partial charge in [0.2, 0.25) is 0 Å². The minimum atomic E-state index is -1.20. The lowest BCUT2D eigenvalue weighted by Crippen LogP contribution is -2.28. The first kappa shape index (κ1) is 12.6. The van der Waals surface area contributed by atoms with E-state index >= 15 is 0 Å². The summed E-state index contributed by atoms with van der Waals surface area (Å²) in [7, 11) is 0. The second kappa shape index (κ2) is 6.21. The average molecular weight is 269 g/mol. The molecule has 2 rings (SSSR count). The molecule has 92 valence electrons. The molecule has 1 aliphatic rings. The van der Waals surface area contributed by atoms with Crippen LogP contribution in [0.1, 0.15) is 16.6 Å². The lowest BCUT2D eigenvalue weighted by Gasteiger charge is -2.21. The summed E-state index contributed by atoms with van der Waals surface area (Å²) in [5.74, 6) is 1.79. The first-order valence-electron chi connectivity index (χ1n) is 5.41. The third kappa shape index (κ3) is 3.85. The molecule has 0 unspecified atom stereocenters. The Morgan fingerprint density at radius 1 is 1.29 bits per heavy atom. The summed E-state index contributed by atoms with van der Waals surface area (Å²) >= 11 is 3.92. The molecular formula is C12H13O3S2-. The van der Waals surface area contributed by atoms with Crippen molar-refractivity contribution in [1.82, 2.24) is 0 Å². The Kier molecular flexibility index (Phi) is 4.62. The number of thioether (sulfide) groups is 2. The smallest absolute Gasteiger partial charge is 0.128 e. The van der Waals surface area contributed by atoms with Gasteiger partial charge in [0.15, 0.2) is 0 Å². The van der Waals surface area contributed by atoms with Crippen LogP contribution in [0.15, 0.2) is 24.3 Å². The average Bonchev–Trinajstić information content (AvgIpc) is 2.38. The quantitative estimate of drug-likeness (QED) is 0.832. The van der Waals surface area contributed by atoms with Gasteiger partial charge in [0.25, 0.3) is 0 Å². The fourth-order valence-corrected chi connectivity index (χ4v) is 4.44. The standard InChI is InChI=1S/C12H14O3S2/c13-11(14)8-15-10-4-2-9(3-5-10)12-16-6-1-7-17-12/h2-5,12H,1,6-8H2,(H,13,14)/p-1. The van der Waals surface area contributed by atoms with Gasteiger partial charge in [0.05, 0.1) is 10.6 Å². The van der Waals surface area contributed by atoms with Crippen molar-refractivity contribution < 1.29 is 14.6 Å². The highest BCUT2D eigenvalue weighted by Crippen LogP contribution is 2.43. The molecule has 0 radical (unpaired) electrons. The normalized spacial score (nSPS) is 16.7. The van der Waals surface area contributed by atoms with E-state index in [4.69, 9.17) is 4.74 Å². The molecule has 0 amide bonds. The molecule has 1 aromatic carbocycles. The van der Waals surface area contributed by atoms with Crippen molar-refractivity contribution in [3.8, 4) is 5.75 Å². The molecule has 17 heavy (non-hydrogen) atoms. The van der Waals surface area contributed by atoms with Gasteiger partial charge in [-0.25, -0.2) is 0 Å². The minimum absolute atomic E-state index is 0.397. The van der Waals surface area contributed by atoms with E-state index in [0.717, 1.165) is 0 Å². The van der Waals surface area contributed by atoms with Gasteiger partial charge in [-0.15, -0.1) is 23.5 Å². The topological polar surface area (TPSA) is 49.4 Å². The number of hydrogen-bond donors (Lipinski definition) is 0. The zero-order valence-electron chi connectivity index (χ0n) is 9.26. The highest BCUT2D eigenvalue weighted by atomic mass is 32.2. The van der Waals surface area contributed by atoms with Gasteiger partial charge in [0, 0.05) is 0 Å². The summed E-state index contributed by atoms with van der Waals surface area (Å²) in [6.45, 7) is -0.397. The molecule has 1 heterocycles. The molecule has 0 atom stereocenters. The fraction of sp³-hybridized carbons (Fsp3) is 0.417. The number of rotatable bonds is 4. The van der Waals surface area contributed by atoms with Crippen LogP contribution in [0.2, 0.25) is 0 Å². The van der Waals surface area contributed by atoms with Gasteiger partial charge in [-0.2, -0.15) is 0 Å². The summed E-state index contributed by atoms with van der Waals surface area (Å²) in [4.78, 5) is 10.2. The van der Waals surface area contributed by atoms with Gasteiger partial charge in [-0.05, 0) is 35.6 Å². The van der Waals surface area contributed by atoms with Crippen LogP contribution in [0, 0.1) is 0 Å². The number of carboxylic acids is 1. The Balaban J connectivity index is 1.94. The Labute approximate surface area is 109 Å². The van der Waals surface area contributed by atoms with Crippen molar-refractivity contribution in [3.05, 3.63) is 29.8 Å². The molecule has 1 saturated heterocycles. The van der Waals surface area contributed by atoms with Crippen LogP contribution in [0.5, 0.6) is 5.75 Å². The summed E-state index contributed by atoms with van der Waals surface area (Å²) in [5.41, 5.74) is 1.26. The van der Waals surface area contributed by atoms with E-state index in [1.54, 1.807) is 0 Å². The maximum atomic E-state index is 10.2. The Morgan fingerprint density at radius 3 is 2.53 bits per heavy atom. The Morgan fingerprint density at radius 2 is 1.94 bits per heavy atom. The number of carbonyl (C=O) groups is 1. The third-order valence-corrected chi connectivity index (χ3v) is 5.35. The van der Waals surface area contributed by atoms with Crippen LogP contribution in [0.3, 0.4) is 0 Å². The molecule has 0 aliphatic carbocycles. The van der Waals surface area contributed by atoms with E-state index in [1.165, 1.54) is 23.5 Å². The monoisotopic (exact) mass is 269 g/mol. The molecule has 0 spiro atoms. The van der Waals surface area contributed by atoms with Crippen LogP contribution in [-0.2, 0) is 4.79 Å². The van der Waals surface area contributed by atoms with E-state index in [9.17, 15) is 9.90 Å². The second-order valence-electron chi connectivity index (χ2n) is 3.66. The number of hydrogen-bond acceptors (Lipinski definition) is 5. The molecule has 1 aromatic rings. The summed E-state index contributed by atoms with van der Waals surface area (Å²) in [6.07, 6.45) is 1.28. The predicted molar refractivity (Wildman–Crippen MR) is 69.2 cm³/mol. The van der Waals surface area contributed by atoms with Crippen LogP contribution in [-0.4, -0.2) is 24.1 Å². The maximum Gasteiger partial charge on any atom is 0.128 e. The lowest BCUT2D eigenvalue weighted by molar-refractivity contribution is -0.307. The zero-order chi connectivity index (χ0) is 12.1. The molecule has 0 aromatic heterocycles. The molecule has 1 fully saturated rings. The maximum absolute atomic E-state index is 10.2. The summed E-state index contributed by atoms with van der Waals surface area (Å²) in [6, 6.07) is 7.63. The highest BCUT2D eigenvalue weighted by Gasteiger charge is 2.16. The fourth-order valence-electron chi connectivity index (χ4n) is 1.54. The van der Waals surface area contributed by atoms with Crippen LogP contribution < -0.4 is 9.84 Å². The van der Waals surface area contributed by atoms with Crippen molar-refractivity contribution in [2.45, 2.75) is 11.0 Å². The Hall–Kier alpha value is -0.810. The van der Waals surface area contributed by atoms with Gasteiger partial charge in [0.1, 0.15) is 12.4 Å².